The molecule has 1 unspecified atom stereocenters. The van der Waals surface area contributed by atoms with Gasteiger partial charge in [-0.3, -0.25) is 0 Å². The fourth-order valence-electron chi connectivity index (χ4n) is 1.35. The topological polar surface area (TPSA) is 57.6 Å². The molecule has 12 heavy (non-hydrogen) atoms. The molecule has 72 valence electrons. The van der Waals surface area contributed by atoms with Gasteiger partial charge in [0.05, 0.1) is 11.9 Å². The summed E-state index contributed by atoms with van der Waals surface area (Å²) in [6.45, 7) is 2.59. The number of sulfonamides is 1. The van der Waals surface area contributed by atoms with Crippen molar-refractivity contribution in [2.75, 3.05) is 18.8 Å². The second kappa shape index (κ2) is 3.72. The summed E-state index contributed by atoms with van der Waals surface area (Å²) in [5.41, 5.74) is 0. The van der Waals surface area contributed by atoms with E-state index in [1.165, 1.54) is 4.31 Å². The smallest absolute Gasteiger partial charge is 0.214 e. The number of nitrogens with zero attached hydrogens (tertiary/aromatic N) is 1. The van der Waals surface area contributed by atoms with Gasteiger partial charge in [-0.25, -0.2) is 8.42 Å². The number of aliphatic hydroxyl groups excluding tert-OH is 1. The summed E-state index contributed by atoms with van der Waals surface area (Å²) >= 11 is 0. The predicted octanol–water partition coefficient (Wildman–Crippen LogP) is -0.207. The van der Waals surface area contributed by atoms with Crippen molar-refractivity contribution in [3.63, 3.8) is 0 Å². The highest BCUT2D eigenvalue weighted by Gasteiger charge is 2.29. The van der Waals surface area contributed by atoms with Crippen molar-refractivity contribution in [3.8, 4) is 0 Å². The number of aliphatic hydroxyl groups is 1. The Hall–Kier alpha value is -0.130. The number of β-amino-alcohol motifs (C(OH)–C–C–N with tert-alkyl or cyclic N) is 1. The van der Waals surface area contributed by atoms with E-state index in [1.807, 2.05) is 6.92 Å². The third kappa shape index (κ3) is 2.18. The zero-order chi connectivity index (χ0) is 9.19. The molecule has 1 aliphatic rings. The van der Waals surface area contributed by atoms with Crippen molar-refractivity contribution in [1.82, 2.24) is 4.31 Å². The van der Waals surface area contributed by atoms with Crippen molar-refractivity contribution in [2.45, 2.75) is 25.9 Å². The Morgan fingerprint density at radius 1 is 1.58 bits per heavy atom. The molecular formula is C7H15NO3S. The van der Waals surface area contributed by atoms with Gasteiger partial charge in [0.25, 0.3) is 0 Å². The highest BCUT2D eigenvalue weighted by molar-refractivity contribution is 7.89. The van der Waals surface area contributed by atoms with Gasteiger partial charge in [-0.15, -0.1) is 0 Å². The van der Waals surface area contributed by atoms with E-state index in [0.29, 0.717) is 19.4 Å². The first-order valence-corrected chi connectivity index (χ1v) is 5.83. The molecule has 0 bridgehead atoms. The lowest BCUT2D eigenvalue weighted by molar-refractivity contribution is 0.189. The van der Waals surface area contributed by atoms with Crippen LogP contribution in [0.25, 0.3) is 0 Å². The average Bonchev–Trinajstić information content (AvgIpc) is 2.36. The molecule has 0 aliphatic carbocycles. The Balaban J connectivity index is 2.58. The van der Waals surface area contributed by atoms with Crippen LogP contribution in [0.3, 0.4) is 0 Å². The first-order chi connectivity index (χ1) is 5.56. The number of hydrogen-bond acceptors (Lipinski definition) is 3. The van der Waals surface area contributed by atoms with Crippen LogP contribution in [0, 0.1) is 0 Å². The Bertz CT molecular complexity index is 237. The fourth-order valence-corrected chi connectivity index (χ4v) is 2.91. The molecule has 5 heteroatoms. The summed E-state index contributed by atoms with van der Waals surface area (Å²) in [4.78, 5) is 0. The Morgan fingerprint density at radius 2 is 2.25 bits per heavy atom. The Morgan fingerprint density at radius 3 is 2.67 bits per heavy atom. The van der Waals surface area contributed by atoms with E-state index in [2.05, 4.69) is 0 Å². The van der Waals surface area contributed by atoms with E-state index >= 15 is 0 Å². The van der Waals surface area contributed by atoms with Crippen molar-refractivity contribution in [1.29, 1.82) is 0 Å². The van der Waals surface area contributed by atoms with Crippen LogP contribution in [0.2, 0.25) is 0 Å². The highest BCUT2D eigenvalue weighted by atomic mass is 32.2. The minimum Gasteiger partial charge on any atom is -0.392 e. The summed E-state index contributed by atoms with van der Waals surface area (Å²) < 4.78 is 24.2. The van der Waals surface area contributed by atoms with Gasteiger partial charge in [0, 0.05) is 13.1 Å². The monoisotopic (exact) mass is 193 g/mol. The summed E-state index contributed by atoms with van der Waals surface area (Å²) in [6.07, 6.45) is 0.745. The molecule has 1 saturated heterocycles. The van der Waals surface area contributed by atoms with Gasteiger partial charge in [0.15, 0.2) is 0 Å². The second-order valence-electron chi connectivity index (χ2n) is 3.12. The first kappa shape index (κ1) is 9.95. The maximum atomic E-state index is 11.4. The maximum absolute atomic E-state index is 11.4. The third-order valence-corrected chi connectivity index (χ3v) is 4.02. The van der Waals surface area contributed by atoms with E-state index in [9.17, 15) is 8.42 Å². The van der Waals surface area contributed by atoms with Crippen molar-refractivity contribution in [3.05, 3.63) is 0 Å². The van der Waals surface area contributed by atoms with Crippen LogP contribution in [-0.2, 0) is 10.0 Å². The van der Waals surface area contributed by atoms with E-state index in [-0.39, 0.29) is 12.3 Å². The van der Waals surface area contributed by atoms with E-state index in [1.54, 1.807) is 0 Å². The molecule has 0 aromatic heterocycles. The van der Waals surface area contributed by atoms with E-state index in [4.69, 9.17) is 5.11 Å². The van der Waals surface area contributed by atoms with Crippen LogP contribution in [0.4, 0.5) is 0 Å². The summed E-state index contributed by atoms with van der Waals surface area (Å²) in [5.74, 6) is 0.194. The zero-order valence-corrected chi connectivity index (χ0v) is 8.05. The SMILES string of the molecule is CCCS(=O)(=O)N1CCC(O)C1. The quantitative estimate of drug-likeness (QED) is 0.675. The minimum atomic E-state index is -3.07. The zero-order valence-electron chi connectivity index (χ0n) is 7.23. The Kier molecular flexibility index (Phi) is 3.09. The molecule has 0 amide bonds. The van der Waals surface area contributed by atoms with Gasteiger partial charge in [0.2, 0.25) is 10.0 Å². The lowest BCUT2D eigenvalue weighted by Crippen LogP contribution is -2.31. The molecule has 0 aromatic rings. The normalized spacial score (nSPS) is 26.3. The molecular weight excluding hydrogens is 178 g/mol. The molecule has 0 radical (unpaired) electrons. The van der Waals surface area contributed by atoms with Gasteiger partial charge < -0.3 is 5.11 Å². The highest BCUT2D eigenvalue weighted by Crippen LogP contribution is 2.14. The lowest BCUT2D eigenvalue weighted by Gasteiger charge is -2.14. The number of hydrogen-bond donors (Lipinski definition) is 1. The van der Waals surface area contributed by atoms with Crippen LogP contribution in [-0.4, -0.2) is 42.8 Å². The van der Waals surface area contributed by atoms with Gasteiger partial charge in [-0.05, 0) is 12.8 Å². The first-order valence-electron chi connectivity index (χ1n) is 4.22. The van der Waals surface area contributed by atoms with Gasteiger partial charge in [-0.2, -0.15) is 4.31 Å². The van der Waals surface area contributed by atoms with Crippen molar-refractivity contribution in [2.24, 2.45) is 0 Å². The predicted molar refractivity (Wildman–Crippen MR) is 46.3 cm³/mol. The Labute approximate surface area is 73.2 Å². The fraction of sp³-hybridized carbons (Fsp3) is 1.00. The summed E-state index contributed by atoms with van der Waals surface area (Å²) in [6, 6.07) is 0. The maximum Gasteiger partial charge on any atom is 0.214 e. The molecule has 1 heterocycles. The van der Waals surface area contributed by atoms with Crippen molar-refractivity contribution < 1.29 is 13.5 Å². The number of rotatable bonds is 3. The molecule has 1 aliphatic heterocycles. The van der Waals surface area contributed by atoms with Crippen molar-refractivity contribution >= 4 is 10.0 Å². The van der Waals surface area contributed by atoms with Crippen LogP contribution in [0.15, 0.2) is 0 Å². The molecule has 1 rings (SSSR count). The standard InChI is InChI=1S/C7H15NO3S/c1-2-5-12(10,11)8-4-3-7(9)6-8/h7,9H,2-6H2,1H3. The van der Waals surface area contributed by atoms with Gasteiger partial charge in [-0.1, -0.05) is 6.92 Å². The largest absolute Gasteiger partial charge is 0.392 e. The molecule has 0 saturated carbocycles. The molecule has 4 nitrogen and oxygen atoms in total. The van der Waals surface area contributed by atoms with Gasteiger partial charge in [0.1, 0.15) is 0 Å². The molecule has 1 N–H and O–H groups in total. The van der Waals surface area contributed by atoms with Crippen LogP contribution in [0.5, 0.6) is 0 Å². The van der Waals surface area contributed by atoms with E-state index < -0.39 is 16.1 Å². The minimum absolute atomic E-state index is 0.194. The molecule has 0 aromatic carbocycles. The summed E-state index contributed by atoms with van der Waals surface area (Å²) in [7, 11) is -3.07. The van der Waals surface area contributed by atoms with Gasteiger partial charge >= 0.3 is 0 Å². The summed E-state index contributed by atoms with van der Waals surface area (Å²) in [5, 5.41) is 9.13. The van der Waals surface area contributed by atoms with E-state index in [0.717, 1.165) is 0 Å². The second-order valence-corrected chi connectivity index (χ2v) is 5.20. The van der Waals surface area contributed by atoms with Crippen LogP contribution >= 0.6 is 0 Å². The van der Waals surface area contributed by atoms with Crippen LogP contribution < -0.4 is 0 Å². The third-order valence-electron chi connectivity index (χ3n) is 1.98. The molecule has 0 spiro atoms. The lowest BCUT2D eigenvalue weighted by atomic mass is 10.3. The van der Waals surface area contributed by atoms with Crippen LogP contribution in [0.1, 0.15) is 19.8 Å². The molecule has 1 atom stereocenters. The molecule has 1 fully saturated rings. The average molecular weight is 193 g/mol.